The predicted octanol–water partition coefficient (Wildman–Crippen LogP) is 2.23. The molecule has 1 aliphatic rings. The van der Waals surface area contributed by atoms with E-state index in [1.54, 1.807) is 10.6 Å². The number of sulfonamides is 1. The molecule has 2 aromatic rings. The van der Waals surface area contributed by atoms with E-state index < -0.39 is 21.9 Å². The number of hydrogen-bond acceptors (Lipinski definition) is 4. The molecule has 8 heteroatoms. The van der Waals surface area contributed by atoms with Gasteiger partial charge < -0.3 is 9.30 Å². The molecule has 1 unspecified atom stereocenters. The van der Waals surface area contributed by atoms with Crippen LogP contribution in [0.4, 0.5) is 4.39 Å². The largest absolute Gasteiger partial charge is 0.493 e. The van der Waals surface area contributed by atoms with Crippen molar-refractivity contribution in [2.45, 2.75) is 37.4 Å². The lowest BCUT2D eigenvalue weighted by Gasteiger charge is -2.18. The van der Waals surface area contributed by atoms with Gasteiger partial charge in [0.15, 0.2) is 5.03 Å². The molecular formula is C15H18FN3O3S. The summed E-state index contributed by atoms with van der Waals surface area (Å²) in [7, 11) is -3.73. The van der Waals surface area contributed by atoms with Crippen LogP contribution in [0.1, 0.15) is 31.4 Å². The molecule has 1 N–H and O–H groups in total. The predicted molar refractivity (Wildman–Crippen MR) is 82.1 cm³/mol. The van der Waals surface area contributed by atoms with Crippen molar-refractivity contribution < 1.29 is 17.5 Å². The lowest BCUT2D eigenvalue weighted by atomic mass is 10.0. The van der Waals surface area contributed by atoms with Crippen molar-refractivity contribution in [1.29, 1.82) is 0 Å². The minimum absolute atomic E-state index is 0.119. The minimum Gasteiger partial charge on any atom is -0.493 e. The minimum atomic E-state index is -3.73. The van der Waals surface area contributed by atoms with Crippen LogP contribution in [0, 0.1) is 5.82 Å². The molecule has 0 radical (unpaired) electrons. The molecule has 0 fully saturated rings. The number of aromatic nitrogens is 2. The van der Waals surface area contributed by atoms with Gasteiger partial charge in [-0.2, -0.15) is 0 Å². The molecule has 1 aromatic heterocycles. The number of nitrogens with zero attached hydrogens (tertiary/aromatic N) is 2. The third-order valence-electron chi connectivity index (χ3n) is 3.83. The van der Waals surface area contributed by atoms with Crippen LogP contribution < -0.4 is 9.46 Å². The van der Waals surface area contributed by atoms with Crippen LogP contribution >= 0.6 is 0 Å². The van der Waals surface area contributed by atoms with Gasteiger partial charge in [-0.05, 0) is 25.8 Å². The Morgan fingerprint density at radius 1 is 1.48 bits per heavy atom. The molecule has 1 aliphatic heterocycles. The fourth-order valence-corrected chi connectivity index (χ4v) is 4.11. The van der Waals surface area contributed by atoms with E-state index in [-0.39, 0.29) is 5.03 Å². The standard InChI is InChI=1S/C15H18FN3O3S/c1-2-19-10-17-9-15(19)23(20,21)18-13-4-3-7-22-14-8-11(16)5-6-12(13)14/h5-6,8-10,13,18H,2-4,7H2,1H3. The fraction of sp³-hybridized carbons (Fsp3) is 0.400. The summed E-state index contributed by atoms with van der Waals surface area (Å²) in [6.45, 7) is 2.78. The molecule has 6 nitrogen and oxygen atoms in total. The highest BCUT2D eigenvalue weighted by molar-refractivity contribution is 7.89. The Balaban J connectivity index is 1.94. The monoisotopic (exact) mass is 339 g/mol. The van der Waals surface area contributed by atoms with E-state index in [1.165, 1.54) is 24.7 Å². The Hall–Kier alpha value is -1.93. The van der Waals surface area contributed by atoms with Gasteiger partial charge in [-0.15, -0.1) is 0 Å². The second-order valence-electron chi connectivity index (χ2n) is 5.36. The fourth-order valence-electron chi connectivity index (χ4n) is 2.69. The average molecular weight is 339 g/mol. The summed E-state index contributed by atoms with van der Waals surface area (Å²) in [6, 6.07) is 3.71. The highest BCUT2D eigenvalue weighted by atomic mass is 32.2. The first-order chi connectivity index (χ1) is 11.0. The quantitative estimate of drug-likeness (QED) is 0.927. The van der Waals surface area contributed by atoms with Gasteiger partial charge in [-0.1, -0.05) is 6.07 Å². The molecular weight excluding hydrogens is 321 g/mol. The van der Waals surface area contributed by atoms with Gasteiger partial charge in [0.1, 0.15) is 11.6 Å². The number of imidazole rings is 1. The van der Waals surface area contributed by atoms with Gasteiger partial charge in [-0.3, -0.25) is 0 Å². The van der Waals surface area contributed by atoms with E-state index in [4.69, 9.17) is 4.74 Å². The molecule has 2 heterocycles. The number of benzene rings is 1. The highest BCUT2D eigenvalue weighted by Crippen LogP contribution is 2.33. The zero-order chi connectivity index (χ0) is 16.4. The second-order valence-corrected chi connectivity index (χ2v) is 7.03. The number of hydrogen-bond donors (Lipinski definition) is 1. The van der Waals surface area contributed by atoms with Crippen LogP contribution in [0.5, 0.6) is 5.75 Å². The molecule has 1 atom stereocenters. The van der Waals surface area contributed by atoms with Crippen molar-refractivity contribution >= 4 is 10.0 Å². The van der Waals surface area contributed by atoms with Gasteiger partial charge >= 0.3 is 0 Å². The molecule has 0 aliphatic carbocycles. The van der Waals surface area contributed by atoms with Crippen LogP contribution in [0.3, 0.4) is 0 Å². The summed E-state index contributed by atoms with van der Waals surface area (Å²) < 4.78 is 48.4. The SMILES string of the molecule is CCn1cncc1S(=O)(=O)NC1CCCOc2cc(F)ccc21. The van der Waals surface area contributed by atoms with E-state index in [0.717, 1.165) is 0 Å². The summed E-state index contributed by atoms with van der Waals surface area (Å²) in [5.74, 6) is -0.0180. The Kier molecular flexibility index (Phi) is 4.36. The van der Waals surface area contributed by atoms with E-state index in [1.807, 2.05) is 6.92 Å². The van der Waals surface area contributed by atoms with Crippen LogP contribution in [0.15, 0.2) is 35.7 Å². The topological polar surface area (TPSA) is 73.2 Å². The van der Waals surface area contributed by atoms with Gasteiger partial charge in [0.2, 0.25) is 0 Å². The maximum Gasteiger partial charge on any atom is 0.258 e. The molecule has 0 bridgehead atoms. The summed E-state index contributed by atoms with van der Waals surface area (Å²) in [5.41, 5.74) is 0.648. The van der Waals surface area contributed by atoms with E-state index in [9.17, 15) is 12.8 Å². The third-order valence-corrected chi connectivity index (χ3v) is 5.32. The van der Waals surface area contributed by atoms with Gasteiger partial charge in [0, 0.05) is 18.2 Å². The molecule has 23 heavy (non-hydrogen) atoms. The first-order valence-corrected chi connectivity index (χ1v) is 8.94. The molecule has 124 valence electrons. The van der Waals surface area contributed by atoms with Crippen LogP contribution in [-0.4, -0.2) is 24.6 Å². The van der Waals surface area contributed by atoms with Crippen molar-refractivity contribution in [3.8, 4) is 5.75 Å². The number of rotatable bonds is 4. The lowest BCUT2D eigenvalue weighted by Crippen LogP contribution is -2.30. The molecule has 1 aromatic carbocycles. The van der Waals surface area contributed by atoms with E-state index >= 15 is 0 Å². The first-order valence-electron chi connectivity index (χ1n) is 7.46. The summed E-state index contributed by atoms with van der Waals surface area (Å²) in [4.78, 5) is 3.90. The molecule has 0 saturated carbocycles. The molecule has 0 spiro atoms. The normalized spacial score (nSPS) is 18.1. The Morgan fingerprint density at radius 3 is 3.09 bits per heavy atom. The number of fused-ring (bicyclic) bond motifs is 1. The Bertz CT molecular complexity index is 804. The van der Waals surface area contributed by atoms with Crippen molar-refractivity contribution in [3.05, 3.63) is 42.1 Å². The average Bonchev–Trinajstić information content (AvgIpc) is 2.92. The van der Waals surface area contributed by atoms with Crippen molar-refractivity contribution in [2.24, 2.45) is 0 Å². The number of halogens is 1. The Labute approximate surface area is 134 Å². The van der Waals surface area contributed by atoms with Crippen molar-refractivity contribution in [2.75, 3.05) is 6.61 Å². The molecule has 3 rings (SSSR count). The van der Waals surface area contributed by atoms with Crippen molar-refractivity contribution in [1.82, 2.24) is 14.3 Å². The van der Waals surface area contributed by atoms with Gasteiger partial charge in [-0.25, -0.2) is 22.5 Å². The van der Waals surface area contributed by atoms with Crippen LogP contribution in [0.2, 0.25) is 0 Å². The maximum atomic E-state index is 13.4. The summed E-state index contributed by atoms with van der Waals surface area (Å²) in [5, 5.41) is 0.119. The lowest BCUT2D eigenvalue weighted by molar-refractivity contribution is 0.314. The third kappa shape index (κ3) is 3.23. The second kappa shape index (κ2) is 6.29. The highest BCUT2D eigenvalue weighted by Gasteiger charge is 2.27. The number of aryl methyl sites for hydroxylation is 1. The molecule has 0 saturated heterocycles. The zero-order valence-electron chi connectivity index (χ0n) is 12.7. The smallest absolute Gasteiger partial charge is 0.258 e. The zero-order valence-corrected chi connectivity index (χ0v) is 13.5. The van der Waals surface area contributed by atoms with E-state index in [2.05, 4.69) is 9.71 Å². The number of nitrogens with one attached hydrogen (secondary N) is 1. The van der Waals surface area contributed by atoms with Gasteiger partial charge in [0.25, 0.3) is 10.0 Å². The Morgan fingerprint density at radius 2 is 2.30 bits per heavy atom. The van der Waals surface area contributed by atoms with Crippen LogP contribution in [0.25, 0.3) is 0 Å². The van der Waals surface area contributed by atoms with Crippen LogP contribution in [-0.2, 0) is 16.6 Å². The maximum absolute atomic E-state index is 13.4. The number of ether oxygens (including phenoxy) is 1. The van der Waals surface area contributed by atoms with Gasteiger partial charge in [0.05, 0.1) is 25.2 Å². The first kappa shape index (κ1) is 15.9. The summed E-state index contributed by atoms with van der Waals surface area (Å²) in [6.07, 6.45) is 4.06. The molecule has 0 amide bonds. The summed E-state index contributed by atoms with van der Waals surface area (Å²) >= 11 is 0. The van der Waals surface area contributed by atoms with Crippen molar-refractivity contribution in [3.63, 3.8) is 0 Å². The van der Waals surface area contributed by atoms with E-state index in [0.29, 0.717) is 37.3 Å².